The first-order chi connectivity index (χ1) is 6.76. The van der Waals surface area contributed by atoms with Crippen LogP contribution >= 0.6 is 0 Å². The summed E-state index contributed by atoms with van der Waals surface area (Å²) in [6.07, 6.45) is 1.41. The first-order valence-electron chi connectivity index (χ1n) is 4.58. The predicted octanol–water partition coefficient (Wildman–Crippen LogP) is 1.23. The van der Waals surface area contributed by atoms with Crippen LogP contribution in [-0.4, -0.2) is 32.2 Å². The van der Waals surface area contributed by atoms with E-state index >= 15 is 0 Å². The first-order valence-corrected chi connectivity index (χ1v) is 4.58. The van der Waals surface area contributed by atoms with Gasteiger partial charge in [0.05, 0.1) is 7.11 Å². The van der Waals surface area contributed by atoms with E-state index in [2.05, 4.69) is 20.1 Å². The number of nitrogens with one attached hydrogen (secondary N) is 1. The van der Waals surface area contributed by atoms with Crippen LogP contribution in [0.4, 0.5) is 0 Å². The summed E-state index contributed by atoms with van der Waals surface area (Å²) in [4.78, 5) is 13.7. The number of methoxy groups -OCH3 is 1. The molecule has 1 unspecified atom stereocenters. The van der Waals surface area contributed by atoms with Gasteiger partial charge < -0.3 is 10.1 Å². The third-order valence-electron chi connectivity index (χ3n) is 1.78. The second-order valence-electron chi connectivity index (χ2n) is 2.75. The number of esters is 1. The number of hydrogen-bond donors (Lipinski definition) is 1. The summed E-state index contributed by atoms with van der Waals surface area (Å²) in [6.45, 7) is 3.00. The van der Waals surface area contributed by atoms with E-state index in [0.29, 0.717) is 19.5 Å². The molecule has 0 radical (unpaired) electrons. The average molecular weight is 200 g/mol. The lowest BCUT2D eigenvalue weighted by atomic mass is 10.2. The number of hydrogen-bond acceptors (Lipinski definition) is 4. The van der Waals surface area contributed by atoms with Gasteiger partial charge in [-0.2, -0.15) is 0 Å². The van der Waals surface area contributed by atoms with Crippen molar-refractivity contribution in [3.05, 3.63) is 10.4 Å². The fourth-order valence-electron chi connectivity index (χ4n) is 1.01. The highest BCUT2D eigenvalue weighted by Gasteiger charge is 2.14. The molecule has 0 aromatic rings. The zero-order chi connectivity index (χ0) is 10.8. The second kappa shape index (κ2) is 8.34. The SMILES string of the molecule is CCC(NCCCN=[N+]=[N-])C(=O)OC. The fourth-order valence-corrected chi connectivity index (χ4v) is 1.01. The molecule has 80 valence electrons. The number of carbonyl (C=O) groups excluding carboxylic acids is 1. The molecule has 0 saturated heterocycles. The maximum Gasteiger partial charge on any atom is 0.322 e. The highest BCUT2D eigenvalue weighted by molar-refractivity contribution is 5.75. The molecule has 1 N–H and O–H groups in total. The molecule has 0 spiro atoms. The summed E-state index contributed by atoms with van der Waals surface area (Å²) in [6, 6.07) is -0.258. The molecule has 6 heteroatoms. The van der Waals surface area contributed by atoms with Crippen molar-refractivity contribution in [1.82, 2.24) is 5.32 Å². The van der Waals surface area contributed by atoms with Crippen LogP contribution < -0.4 is 5.32 Å². The van der Waals surface area contributed by atoms with Gasteiger partial charge in [-0.15, -0.1) is 0 Å². The van der Waals surface area contributed by atoms with Crippen molar-refractivity contribution in [2.75, 3.05) is 20.2 Å². The molecule has 14 heavy (non-hydrogen) atoms. The standard InChI is InChI=1S/C8H16N4O2/c1-3-7(8(13)14-2)10-5-4-6-11-12-9/h7,10H,3-6H2,1-2H3. The zero-order valence-electron chi connectivity index (χ0n) is 8.56. The maximum atomic E-state index is 11.1. The number of carbonyl (C=O) groups is 1. The monoisotopic (exact) mass is 200 g/mol. The third kappa shape index (κ3) is 5.40. The normalized spacial score (nSPS) is 11.6. The van der Waals surface area contributed by atoms with Crippen LogP contribution in [0.1, 0.15) is 19.8 Å². The van der Waals surface area contributed by atoms with Crippen molar-refractivity contribution in [3.63, 3.8) is 0 Å². The average Bonchev–Trinajstić information content (AvgIpc) is 2.22. The van der Waals surface area contributed by atoms with Crippen molar-refractivity contribution in [1.29, 1.82) is 0 Å². The Balaban J connectivity index is 3.62. The van der Waals surface area contributed by atoms with E-state index in [1.807, 2.05) is 6.92 Å². The molecule has 0 aliphatic heterocycles. The molecule has 0 bridgehead atoms. The van der Waals surface area contributed by atoms with E-state index < -0.39 is 0 Å². The first kappa shape index (κ1) is 12.7. The number of rotatable bonds is 7. The van der Waals surface area contributed by atoms with E-state index in [4.69, 9.17) is 5.53 Å². The lowest BCUT2D eigenvalue weighted by Gasteiger charge is -2.13. The van der Waals surface area contributed by atoms with Crippen LogP contribution in [0.15, 0.2) is 5.11 Å². The second-order valence-corrected chi connectivity index (χ2v) is 2.75. The van der Waals surface area contributed by atoms with Gasteiger partial charge in [0.1, 0.15) is 6.04 Å². The molecule has 0 rings (SSSR count). The summed E-state index contributed by atoms with van der Waals surface area (Å²) < 4.78 is 4.60. The molecule has 1 atom stereocenters. The number of ether oxygens (including phenoxy) is 1. The van der Waals surface area contributed by atoms with Gasteiger partial charge in [0.2, 0.25) is 0 Å². The summed E-state index contributed by atoms with van der Waals surface area (Å²) in [7, 11) is 1.37. The molecule has 0 fully saturated rings. The Morgan fingerprint density at radius 1 is 1.71 bits per heavy atom. The highest BCUT2D eigenvalue weighted by Crippen LogP contribution is 1.94. The minimum atomic E-state index is -0.258. The Hall–Kier alpha value is -1.26. The molecular formula is C8H16N4O2. The molecule has 0 aromatic carbocycles. The lowest BCUT2D eigenvalue weighted by Crippen LogP contribution is -2.37. The van der Waals surface area contributed by atoms with Crippen LogP contribution in [0.2, 0.25) is 0 Å². The van der Waals surface area contributed by atoms with Crippen molar-refractivity contribution >= 4 is 5.97 Å². The fraction of sp³-hybridized carbons (Fsp3) is 0.875. The Morgan fingerprint density at radius 3 is 2.93 bits per heavy atom. The summed E-state index contributed by atoms with van der Waals surface area (Å²) in [5.74, 6) is -0.253. The van der Waals surface area contributed by atoms with Crippen LogP contribution in [0, 0.1) is 0 Å². The Kier molecular flexibility index (Phi) is 7.59. The third-order valence-corrected chi connectivity index (χ3v) is 1.78. The molecule has 0 saturated carbocycles. The minimum absolute atomic E-state index is 0.253. The Morgan fingerprint density at radius 2 is 2.43 bits per heavy atom. The summed E-state index contributed by atoms with van der Waals surface area (Å²) >= 11 is 0. The maximum absolute atomic E-state index is 11.1. The molecule has 0 amide bonds. The van der Waals surface area contributed by atoms with Gasteiger partial charge in [-0.3, -0.25) is 4.79 Å². The van der Waals surface area contributed by atoms with E-state index in [1.165, 1.54) is 7.11 Å². The minimum Gasteiger partial charge on any atom is -0.468 e. The van der Waals surface area contributed by atoms with E-state index in [-0.39, 0.29) is 12.0 Å². The van der Waals surface area contributed by atoms with Crippen LogP contribution in [0.5, 0.6) is 0 Å². The van der Waals surface area contributed by atoms with Gasteiger partial charge in [-0.05, 0) is 24.9 Å². The highest BCUT2D eigenvalue weighted by atomic mass is 16.5. The van der Waals surface area contributed by atoms with Crippen molar-refractivity contribution in [2.45, 2.75) is 25.8 Å². The summed E-state index contributed by atoms with van der Waals surface area (Å²) in [5.41, 5.74) is 8.01. The van der Waals surface area contributed by atoms with Crippen LogP contribution in [0.3, 0.4) is 0 Å². The lowest BCUT2D eigenvalue weighted by molar-refractivity contribution is -0.143. The predicted molar refractivity (Wildman–Crippen MR) is 52.7 cm³/mol. The van der Waals surface area contributed by atoms with E-state index in [9.17, 15) is 4.79 Å². The summed E-state index contributed by atoms with van der Waals surface area (Å²) in [5, 5.41) is 6.41. The Bertz CT molecular complexity index is 213. The van der Waals surface area contributed by atoms with Gasteiger partial charge in [0.25, 0.3) is 0 Å². The van der Waals surface area contributed by atoms with Gasteiger partial charge in [0.15, 0.2) is 0 Å². The quantitative estimate of drug-likeness (QED) is 0.220. The molecule has 6 nitrogen and oxygen atoms in total. The molecule has 0 aliphatic rings. The smallest absolute Gasteiger partial charge is 0.322 e. The largest absolute Gasteiger partial charge is 0.468 e. The van der Waals surface area contributed by atoms with E-state index in [0.717, 1.165) is 6.42 Å². The van der Waals surface area contributed by atoms with Crippen molar-refractivity contribution < 1.29 is 9.53 Å². The van der Waals surface area contributed by atoms with Gasteiger partial charge in [0, 0.05) is 11.5 Å². The molecule has 0 aromatic heterocycles. The molecule has 0 aliphatic carbocycles. The van der Waals surface area contributed by atoms with Gasteiger partial charge in [-0.25, -0.2) is 0 Å². The van der Waals surface area contributed by atoms with Crippen molar-refractivity contribution in [2.24, 2.45) is 5.11 Å². The van der Waals surface area contributed by atoms with Crippen molar-refractivity contribution in [3.8, 4) is 0 Å². The van der Waals surface area contributed by atoms with E-state index in [1.54, 1.807) is 0 Å². The number of azide groups is 1. The molecular weight excluding hydrogens is 184 g/mol. The van der Waals surface area contributed by atoms with Gasteiger partial charge in [-0.1, -0.05) is 12.0 Å². The van der Waals surface area contributed by atoms with Gasteiger partial charge >= 0.3 is 5.97 Å². The topological polar surface area (TPSA) is 87.1 Å². The number of nitrogens with zero attached hydrogens (tertiary/aromatic N) is 3. The van der Waals surface area contributed by atoms with Crippen LogP contribution in [-0.2, 0) is 9.53 Å². The zero-order valence-corrected chi connectivity index (χ0v) is 8.56. The molecule has 0 heterocycles. The Labute approximate surface area is 83.3 Å². The van der Waals surface area contributed by atoms with Crippen LogP contribution in [0.25, 0.3) is 10.4 Å².